The van der Waals surface area contributed by atoms with E-state index in [0.717, 1.165) is 42.9 Å². The van der Waals surface area contributed by atoms with Crippen LogP contribution in [0.2, 0.25) is 0 Å². The van der Waals surface area contributed by atoms with Gasteiger partial charge in [0.15, 0.2) is 0 Å². The van der Waals surface area contributed by atoms with Gasteiger partial charge in [-0.05, 0) is 66.7 Å². The average Bonchev–Trinajstić information content (AvgIpc) is 2.83. The summed E-state index contributed by atoms with van der Waals surface area (Å²) in [7, 11) is 0. The van der Waals surface area contributed by atoms with Gasteiger partial charge in [0.1, 0.15) is 0 Å². The summed E-state index contributed by atoms with van der Waals surface area (Å²) in [5.74, 6) is 0.913. The molecule has 0 aliphatic carbocycles. The van der Waals surface area contributed by atoms with E-state index in [2.05, 4.69) is 38.0 Å². The van der Waals surface area contributed by atoms with Gasteiger partial charge >= 0.3 is 0 Å². The molecule has 2 rings (SSSR count). The Morgan fingerprint density at radius 2 is 2.47 bits per heavy atom. The molecule has 106 valence electrons. The topological polar surface area (TPSA) is 41.1 Å². The summed E-state index contributed by atoms with van der Waals surface area (Å²) in [5, 5.41) is 8.50. The number of amides is 1. The maximum atomic E-state index is 11.7. The first-order valence-corrected chi connectivity index (χ1v) is 8.61. The highest BCUT2D eigenvalue weighted by Crippen LogP contribution is 2.20. The molecule has 1 aliphatic rings. The molecule has 5 heteroatoms. The molecule has 1 aromatic rings. The molecular weight excluding hydrogens is 324 g/mol. The fourth-order valence-electron chi connectivity index (χ4n) is 2.40. The lowest BCUT2D eigenvalue weighted by atomic mass is 9.96. The van der Waals surface area contributed by atoms with Gasteiger partial charge in [-0.25, -0.2) is 0 Å². The van der Waals surface area contributed by atoms with Crippen LogP contribution in [-0.4, -0.2) is 25.5 Å². The number of thiophene rings is 1. The maximum Gasteiger partial charge on any atom is 0.220 e. The first-order valence-electron chi connectivity index (χ1n) is 6.94. The highest BCUT2D eigenvalue weighted by atomic mass is 79.9. The van der Waals surface area contributed by atoms with Gasteiger partial charge in [0.25, 0.3) is 0 Å². The van der Waals surface area contributed by atoms with E-state index in [1.54, 1.807) is 11.3 Å². The van der Waals surface area contributed by atoms with Crippen molar-refractivity contribution in [2.75, 3.05) is 19.6 Å². The third-order valence-electron chi connectivity index (χ3n) is 3.49. The lowest BCUT2D eigenvalue weighted by Gasteiger charge is -2.22. The van der Waals surface area contributed by atoms with Gasteiger partial charge in [0, 0.05) is 27.7 Å². The number of carbonyl (C=O) groups is 1. The average molecular weight is 345 g/mol. The number of carbonyl (C=O) groups excluding carboxylic acids is 1. The van der Waals surface area contributed by atoms with E-state index in [9.17, 15) is 4.79 Å². The smallest absolute Gasteiger partial charge is 0.220 e. The second-order valence-corrected chi connectivity index (χ2v) is 6.99. The van der Waals surface area contributed by atoms with Crippen LogP contribution >= 0.6 is 27.3 Å². The lowest BCUT2D eigenvalue weighted by molar-refractivity contribution is -0.121. The van der Waals surface area contributed by atoms with Gasteiger partial charge in [-0.3, -0.25) is 4.79 Å². The Kier molecular flexibility index (Phi) is 6.34. The lowest BCUT2D eigenvalue weighted by Crippen LogP contribution is -2.33. The van der Waals surface area contributed by atoms with Gasteiger partial charge in [-0.1, -0.05) is 0 Å². The first kappa shape index (κ1) is 15.0. The van der Waals surface area contributed by atoms with Crippen molar-refractivity contribution < 1.29 is 4.79 Å². The monoisotopic (exact) mass is 344 g/mol. The van der Waals surface area contributed by atoms with Crippen LogP contribution in [0.3, 0.4) is 0 Å². The molecule has 1 aliphatic heterocycles. The van der Waals surface area contributed by atoms with E-state index in [1.165, 1.54) is 17.7 Å². The molecule has 2 N–H and O–H groups in total. The summed E-state index contributed by atoms with van der Waals surface area (Å²) >= 11 is 5.13. The Balaban J connectivity index is 1.56. The molecule has 1 fully saturated rings. The van der Waals surface area contributed by atoms with Gasteiger partial charge in [-0.2, -0.15) is 0 Å². The van der Waals surface area contributed by atoms with Gasteiger partial charge in [0.2, 0.25) is 5.91 Å². The van der Waals surface area contributed by atoms with Crippen molar-refractivity contribution in [3.05, 3.63) is 20.8 Å². The van der Waals surface area contributed by atoms with Crippen LogP contribution in [0.5, 0.6) is 0 Å². The van der Waals surface area contributed by atoms with Crippen LogP contribution in [0.25, 0.3) is 0 Å². The summed E-state index contributed by atoms with van der Waals surface area (Å²) in [4.78, 5) is 13.0. The van der Waals surface area contributed by atoms with Gasteiger partial charge < -0.3 is 10.6 Å². The number of halogens is 1. The molecule has 0 radical (unpaired) electrons. The van der Waals surface area contributed by atoms with Crippen LogP contribution in [0.4, 0.5) is 0 Å². The van der Waals surface area contributed by atoms with E-state index in [1.807, 2.05) is 0 Å². The van der Waals surface area contributed by atoms with E-state index >= 15 is 0 Å². The molecule has 2 heterocycles. The van der Waals surface area contributed by atoms with E-state index in [4.69, 9.17) is 0 Å². The van der Waals surface area contributed by atoms with Gasteiger partial charge in [-0.15, -0.1) is 11.3 Å². The third-order valence-corrected chi connectivity index (χ3v) is 5.25. The Bertz CT molecular complexity index is 402. The van der Waals surface area contributed by atoms with E-state index < -0.39 is 0 Å². The molecule has 1 amide bonds. The quantitative estimate of drug-likeness (QED) is 0.832. The second kappa shape index (κ2) is 8.02. The molecule has 3 nitrogen and oxygen atoms in total. The summed E-state index contributed by atoms with van der Waals surface area (Å²) in [6, 6.07) is 2.09. The Morgan fingerprint density at radius 3 is 3.16 bits per heavy atom. The zero-order chi connectivity index (χ0) is 13.5. The third kappa shape index (κ3) is 5.63. The molecule has 0 aromatic carbocycles. The van der Waals surface area contributed by atoms with Crippen molar-refractivity contribution in [3.63, 3.8) is 0 Å². The minimum absolute atomic E-state index is 0.174. The van der Waals surface area contributed by atoms with Crippen LogP contribution in [0, 0.1) is 5.92 Å². The van der Waals surface area contributed by atoms with Crippen LogP contribution in [0.1, 0.15) is 30.6 Å². The highest BCUT2D eigenvalue weighted by molar-refractivity contribution is 9.10. The predicted molar refractivity (Wildman–Crippen MR) is 83.6 cm³/mol. The number of hydrogen-bond acceptors (Lipinski definition) is 3. The molecule has 0 saturated carbocycles. The Morgan fingerprint density at radius 1 is 1.58 bits per heavy atom. The summed E-state index contributed by atoms with van der Waals surface area (Å²) < 4.78 is 1.11. The van der Waals surface area contributed by atoms with Crippen molar-refractivity contribution >= 4 is 33.2 Å². The van der Waals surface area contributed by atoms with Crippen LogP contribution in [0.15, 0.2) is 15.9 Å². The van der Waals surface area contributed by atoms with Gasteiger partial charge in [0.05, 0.1) is 0 Å². The maximum absolute atomic E-state index is 11.7. The predicted octanol–water partition coefficient (Wildman–Crippen LogP) is 2.95. The highest BCUT2D eigenvalue weighted by Gasteiger charge is 2.12. The summed E-state index contributed by atoms with van der Waals surface area (Å²) in [6.07, 6.45) is 5.10. The van der Waals surface area contributed by atoms with Crippen molar-refractivity contribution in [1.29, 1.82) is 0 Å². The fourth-order valence-corrected chi connectivity index (χ4v) is 3.85. The number of piperidine rings is 1. The SMILES string of the molecule is O=C(CCc1cc(Br)cs1)NCCC1CCCNC1. The van der Waals surface area contributed by atoms with Crippen LogP contribution < -0.4 is 10.6 Å². The molecule has 0 bridgehead atoms. The van der Waals surface area contributed by atoms with Crippen LogP contribution in [-0.2, 0) is 11.2 Å². The van der Waals surface area contributed by atoms with Crippen molar-refractivity contribution in [2.45, 2.75) is 32.1 Å². The molecule has 1 aromatic heterocycles. The normalized spacial score (nSPS) is 19.3. The van der Waals surface area contributed by atoms with E-state index in [-0.39, 0.29) is 5.91 Å². The number of hydrogen-bond donors (Lipinski definition) is 2. The Hall–Kier alpha value is -0.390. The summed E-state index contributed by atoms with van der Waals surface area (Å²) in [6.45, 7) is 3.08. The fraction of sp³-hybridized carbons (Fsp3) is 0.643. The number of aryl methyl sites for hydroxylation is 1. The number of nitrogens with one attached hydrogen (secondary N) is 2. The molecular formula is C14H21BrN2OS. The van der Waals surface area contributed by atoms with Crippen molar-refractivity contribution in [3.8, 4) is 0 Å². The minimum Gasteiger partial charge on any atom is -0.356 e. The standard InChI is InChI=1S/C14H21BrN2OS/c15-12-8-13(19-10-12)3-4-14(18)17-7-5-11-2-1-6-16-9-11/h8,10-11,16H,1-7,9H2,(H,17,18). The van der Waals surface area contributed by atoms with Crippen molar-refractivity contribution in [2.24, 2.45) is 5.92 Å². The minimum atomic E-state index is 0.174. The number of rotatable bonds is 6. The largest absolute Gasteiger partial charge is 0.356 e. The molecule has 1 unspecified atom stereocenters. The molecule has 0 spiro atoms. The molecule has 1 atom stereocenters. The zero-order valence-electron chi connectivity index (χ0n) is 11.1. The molecule has 1 saturated heterocycles. The first-order chi connectivity index (χ1) is 9.24. The Labute approximate surface area is 127 Å². The molecule has 19 heavy (non-hydrogen) atoms. The second-order valence-electron chi connectivity index (χ2n) is 5.08. The van der Waals surface area contributed by atoms with E-state index in [0.29, 0.717) is 6.42 Å². The summed E-state index contributed by atoms with van der Waals surface area (Å²) in [5.41, 5.74) is 0. The van der Waals surface area contributed by atoms with Crippen molar-refractivity contribution in [1.82, 2.24) is 10.6 Å². The zero-order valence-corrected chi connectivity index (χ0v) is 13.5.